The third-order valence-corrected chi connectivity index (χ3v) is 8.21. The topological polar surface area (TPSA) is 40.5 Å². The zero-order valence-electron chi connectivity index (χ0n) is 29.4. The van der Waals surface area contributed by atoms with E-state index in [9.17, 15) is 10.2 Å². The van der Waals surface area contributed by atoms with Gasteiger partial charge in [0.05, 0.1) is 0 Å². The van der Waals surface area contributed by atoms with Crippen LogP contribution in [-0.4, -0.2) is 10.2 Å². The maximum Gasteiger partial charge on any atom is 0.110 e. The van der Waals surface area contributed by atoms with Crippen LogP contribution in [0.5, 0.6) is 0 Å². The van der Waals surface area contributed by atoms with E-state index in [1.54, 1.807) is 0 Å². The Morgan fingerprint density at radius 1 is 0.350 bits per heavy atom. The molecule has 2 unspecified atom stereocenters. The maximum atomic E-state index is 12.4. The Morgan fingerprint density at radius 2 is 0.525 bits per heavy atom. The van der Waals surface area contributed by atoms with Crippen molar-refractivity contribution >= 4 is 0 Å². The zero-order chi connectivity index (χ0) is 31.6. The van der Waals surface area contributed by atoms with Gasteiger partial charge in [0.2, 0.25) is 0 Å². The van der Waals surface area contributed by atoms with Gasteiger partial charge in [-0.05, 0) is 77.0 Å². The van der Waals surface area contributed by atoms with Crippen molar-refractivity contribution in [2.24, 2.45) is 0 Å². The van der Waals surface area contributed by atoms with Crippen LogP contribution in [0.1, 0.15) is 181 Å². The van der Waals surface area contributed by atoms with Gasteiger partial charge in [0, 0.05) is 0 Å². The summed E-state index contributed by atoms with van der Waals surface area (Å²) in [4.78, 5) is 0. The largest absolute Gasteiger partial charge is 0.385 e. The van der Waals surface area contributed by atoms with Gasteiger partial charge in [0.15, 0.2) is 0 Å². The van der Waals surface area contributed by atoms with Gasteiger partial charge in [-0.1, -0.05) is 149 Å². The molecule has 40 heavy (non-hydrogen) atoms. The molecule has 0 saturated carbocycles. The lowest BCUT2D eigenvalue weighted by molar-refractivity contribution is 0.0132. The summed E-state index contributed by atoms with van der Waals surface area (Å²) in [6, 6.07) is 9.11. The van der Waals surface area contributed by atoms with E-state index < -0.39 is 12.2 Å². The minimum atomic E-state index is -1.07. The summed E-state index contributed by atoms with van der Waals surface area (Å²) in [6.07, 6.45) is -2.14. The van der Waals surface area contributed by atoms with Crippen molar-refractivity contribution in [3.63, 3.8) is 0 Å². The van der Waals surface area contributed by atoms with Gasteiger partial charge < -0.3 is 10.2 Å². The first-order valence-corrected chi connectivity index (χ1v) is 15.2. The molecule has 2 aromatic rings. The molecule has 0 spiro atoms. The third kappa shape index (κ3) is 7.40. The number of hydrogen-bond acceptors (Lipinski definition) is 2. The Kier molecular flexibility index (Phi) is 9.13. The van der Waals surface area contributed by atoms with Crippen LogP contribution in [-0.2, 0) is 32.5 Å². The first-order chi connectivity index (χ1) is 17.5. The van der Waals surface area contributed by atoms with Crippen LogP contribution in [0.15, 0.2) is 24.3 Å². The maximum absolute atomic E-state index is 12.4. The number of aliphatic hydroxyl groups excluding tert-OH is 2. The molecule has 0 aliphatic carbocycles. The summed E-state index contributed by atoms with van der Waals surface area (Å²) in [6.45, 7) is 40.0. The Labute approximate surface area is 248 Å². The Morgan fingerprint density at radius 3 is 0.650 bits per heavy atom. The Bertz CT molecular complexity index is 1040. The van der Waals surface area contributed by atoms with E-state index in [1.807, 2.05) is 0 Å². The average molecular weight is 551 g/mol. The second kappa shape index (κ2) is 10.6. The second-order valence-corrected chi connectivity index (χ2v) is 18.4. The predicted octanol–water partition coefficient (Wildman–Crippen LogP) is 10.2. The molecule has 0 aromatic heterocycles. The average Bonchev–Trinajstić information content (AvgIpc) is 2.72. The normalized spacial score (nSPS) is 15.8. The van der Waals surface area contributed by atoms with Crippen LogP contribution >= 0.6 is 0 Å². The molecule has 0 radical (unpaired) electrons. The molecule has 0 aliphatic heterocycles. The molecule has 2 atom stereocenters. The molecule has 2 heteroatoms. The number of aliphatic hydroxyl groups is 2. The summed E-state index contributed by atoms with van der Waals surface area (Å²) < 4.78 is 0. The molecule has 0 aliphatic rings. The monoisotopic (exact) mass is 550 g/mol. The van der Waals surface area contributed by atoms with Gasteiger partial charge in [-0.3, -0.25) is 0 Å². The molecule has 0 bridgehead atoms. The van der Waals surface area contributed by atoms with Gasteiger partial charge in [0.1, 0.15) is 12.2 Å². The van der Waals surface area contributed by atoms with Crippen LogP contribution in [0, 0.1) is 0 Å². The smallest absolute Gasteiger partial charge is 0.110 e. The van der Waals surface area contributed by atoms with E-state index in [1.165, 1.54) is 11.1 Å². The van der Waals surface area contributed by atoms with E-state index in [4.69, 9.17) is 0 Å². The van der Waals surface area contributed by atoms with E-state index in [0.717, 1.165) is 33.4 Å². The van der Waals surface area contributed by atoms with Crippen LogP contribution in [0.4, 0.5) is 0 Å². The van der Waals surface area contributed by atoms with Gasteiger partial charge in [-0.25, -0.2) is 0 Å². The van der Waals surface area contributed by atoms with E-state index in [0.29, 0.717) is 0 Å². The first-order valence-electron chi connectivity index (χ1n) is 15.2. The van der Waals surface area contributed by atoms with Crippen LogP contribution in [0.3, 0.4) is 0 Å². The fraction of sp³-hybridized carbons (Fsp3) is 0.684. The minimum absolute atomic E-state index is 0.0380. The lowest BCUT2D eigenvalue weighted by atomic mass is 9.68. The summed E-state index contributed by atoms with van der Waals surface area (Å²) in [5, 5.41) is 24.8. The SMILES string of the molecule is CC(C)(C)c1cc(C(C)(C)C)c(C(O)C(O)c2c(C(C)(C)C)cc(C(C)(C)C)cc2C(C)(C)C)c(C(C)(C)C)c1. The fourth-order valence-corrected chi connectivity index (χ4v) is 5.61. The molecule has 2 aromatic carbocycles. The molecule has 0 amide bonds. The molecule has 0 saturated heterocycles. The van der Waals surface area contributed by atoms with Crippen LogP contribution < -0.4 is 0 Å². The number of hydrogen-bond donors (Lipinski definition) is 2. The third-order valence-electron chi connectivity index (χ3n) is 8.21. The summed E-state index contributed by atoms with van der Waals surface area (Å²) in [5.41, 5.74) is 7.76. The molecule has 2 N–H and O–H groups in total. The molecule has 226 valence electrons. The molecular weight excluding hydrogens is 488 g/mol. The Hall–Kier alpha value is -1.64. The zero-order valence-corrected chi connectivity index (χ0v) is 29.4. The van der Waals surface area contributed by atoms with Crippen molar-refractivity contribution in [1.29, 1.82) is 0 Å². The standard InChI is InChI=1S/C38H62O2/c1-33(2,3)23-19-25(35(7,8)9)29(26(20-23)36(10,11)12)31(39)32(40)30-27(37(13,14)15)21-24(34(4,5)6)22-28(30)38(16,17)18/h19-22,31-32,39-40H,1-18H3. The van der Waals surface area contributed by atoms with Crippen molar-refractivity contribution in [3.8, 4) is 0 Å². The fourth-order valence-electron chi connectivity index (χ4n) is 5.61. The molecule has 0 heterocycles. The van der Waals surface area contributed by atoms with Crippen molar-refractivity contribution in [2.75, 3.05) is 0 Å². The molecule has 0 fully saturated rings. The highest BCUT2D eigenvalue weighted by atomic mass is 16.3. The van der Waals surface area contributed by atoms with Crippen LogP contribution in [0.2, 0.25) is 0 Å². The van der Waals surface area contributed by atoms with Gasteiger partial charge in [-0.2, -0.15) is 0 Å². The van der Waals surface area contributed by atoms with Crippen LogP contribution in [0.25, 0.3) is 0 Å². The number of rotatable bonds is 3. The van der Waals surface area contributed by atoms with Gasteiger partial charge >= 0.3 is 0 Å². The summed E-state index contributed by atoms with van der Waals surface area (Å²) in [5.74, 6) is 0. The highest BCUT2D eigenvalue weighted by Crippen LogP contribution is 2.48. The first kappa shape index (κ1) is 34.6. The lowest BCUT2D eigenvalue weighted by Crippen LogP contribution is -2.30. The highest BCUT2D eigenvalue weighted by Gasteiger charge is 2.39. The van der Waals surface area contributed by atoms with Crippen molar-refractivity contribution in [3.05, 3.63) is 68.8 Å². The van der Waals surface area contributed by atoms with Crippen molar-refractivity contribution in [2.45, 2.75) is 169 Å². The molecule has 2 rings (SSSR count). The minimum Gasteiger partial charge on any atom is -0.385 e. The predicted molar refractivity (Wildman–Crippen MR) is 175 cm³/mol. The lowest BCUT2D eigenvalue weighted by Gasteiger charge is -2.39. The highest BCUT2D eigenvalue weighted by molar-refractivity contribution is 5.53. The van der Waals surface area contributed by atoms with E-state index in [-0.39, 0.29) is 32.5 Å². The molecule has 2 nitrogen and oxygen atoms in total. The van der Waals surface area contributed by atoms with E-state index in [2.05, 4.69) is 149 Å². The summed E-state index contributed by atoms with van der Waals surface area (Å²) in [7, 11) is 0. The van der Waals surface area contributed by atoms with Gasteiger partial charge in [0.25, 0.3) is 0 Å². The quantitative estimate of drug-likeness (QED) is 0.399. The van der Waals surface area contributed by atoms with Crippen molar-refractivity contribution in [1.82, 2.24) is 0 Å². The number of benzene rings is 2. The van der Waals surface area contributed by atoms with Crippen molar-refractivity contribution < 1.29 is 10.2 Å². The Balaban J connectivity index is 3.09. The molecular formula is C38H62O2. The van der Waals surface area contributed by atoms with Gasteiger partial charge in [-0.15, -0.1) is 0 Å². The van der Waals surface area contributed by atoms with E-state index >= 15 is 0 Å². The second-order valence-electron chi connectivity index (χ2n) is 18.4. The summed E-state index contributed by atoms with van der Waals surface area (Å²) >= 11 is 0.